The number of anilines is 1. The van der Waals surface area contributed by atoms with E-state index in [-0.39, 0.29) is 12.7 Å². The maximum atomic E-state index is 13.6. The molecule has 4 heterocycles. The maximum Gasteiger partial charge on any atom is 0.276 e. The maximum absolute atomic E-state index is 13.6. The number of halogens is 1. The first kappa shape index (κ1) is 16.2. The molecule has 28 heavy (non-hydrogen) atoms. The van der Waals surface area contributed by atoms with Crippen LogP contribution in [0, 0.1) is 0 Å². The zero-order valence-electron chi connectivity index (χ0n) is 14.5. The van der Waals surface area contributed by atoms with Crippen molar-refractivity contribution >= 4 is 34.5 Å². The van der Waals surface area contributed by atoms with Crippen LogP contribution in [0.2, 0.25) is 4.47 Å². The van der Waals surface area contributed by atoms with Gasteiger partial charge in [-0.05, 0) is 18.2 Å². The molecule has 140 valence electrons. The molecule has 6 rings (SSSR count). The lowest BCUT2D eigenvalue weighted by molar-refractivity contribution is -0.132. The van der Waals surface area contributed by atoms with Crippen LogP contribution in [0.25, 0.3) is 0 Å². The predicted molar refractivity (Wildman–Crippen MR) is 103 cm³/mol. The van der Waals surface area contributed by atoms with Crippen molar-refractivity contribution in [1.82, 2.24) is 4.98 Å². The molecule has 0 fully saturated rings. The van der Waals surface area contributed by atoms with Gasteiger partial charge in [0.15, 0.2) is 16.0 Å². The third-order valence-corrected chi connectivity index (χ3v) is 6.47. The molecule has 6 nitrogen and oxygen atoms in total. The lowest BCUT2D eigenvalue weighted by Crippen LogP contribution is -2.43. The Hall–Kier alpha value is -2.77. The Morgan fingerprint density at radius 3 is 2.89 bits per heavy atom. The zero-order chi connectivity index (χ0) is 18.9. The fourth-order valence-corrected chi connectivity index (χ4v) is 5.15. The van der Waals surface area contributed by atoms with Gasteiger partial charge in [0.1, 0.15) is 5.75 Å². The van der Waals surface area contributed by atoms with Gasteiger partial charge in [-0.3, -0.25) is 4.79 Å². The molecule has 0 aliphatic carbocycles. The molecule has 2 aromatic carbocycles. The molecule has 0 N–H and O–H groups in total. The molecule has 1 unspecified atom stereocenters. The number of carbonyl (C=O) groups excluding carboxylic acids is 1. The van der Waals surface area contributed by atoms with Gasteiger partial charge in [0, 0.05) is 28.6 Å². The van der Waals surface area contributed by atoms with Crippen LogP contribution in [0.1, 0.15) is 16.0 Å². The quantitative estimate of drug-likeness (QED) is 0.638. The van der Waals surface area contributed by atoms with Gasteiger partial charge in [-0.2, -0.15) is 0 Å². The van der Waals surface area contributed by atoms with E-state index in [0.717, 1.165) is 21.7 Å². The lowest BCUT2D eigenvalue weighted by Gasteiger charge is -2.23. The lowest BCUT2D eigenvalue weighted by atomic mass is 9.90. The number of para-hydroxylation sites is 1. The smallest absolute Gasteiger partial charge is 0.276 e. The van der Waals surface area contributed by atoms with E-state index in [4.69, 9.17) is 25.8 Å². The standard InChI is InChI=1S/C20H13ClN2O4S/c21-19-22-8-11(28-19)9-23-14-4-2-1-3-13(14)20(18(23)24)7-12-15(27-20)5-6-16-17(12)26-10-25-16/h1-6,8H,7,9-10H2. The van der Waals surface area contributed by atoms with Crippen molar-refractivity contribution in [3.8, 4) is 17.2 Å². The minimum absolute atomic E-state index is 0.0953. The second-order valence-electron chi connectivity index (χ2n) is 6.87. The van der Waals surface area contributed by atoms with Gasteiger partial charge in [-0.1, -0.05) is 29.8 Å². The topological polar surface area (TPSA) is 60.9 Å². The highest BCUT2D eigenvalue weighted by Crippen LogP contribution is 2.55. The summed E-state index contributed by atoms with van der Waals surface area (Å²) < 4.78 is 17.9. The average Bonchev–Trinajstić information content (AvgIpc) is 3.45. The van der Waals surface area contributed by atoms with E-state index in [9.17, 15) is 4.79 Å². The molecule has 8 heteroatoms. The Morgan fingerprint density at radius 1 is 1.18 bits per heavy atom. The first-order valence-electron chi connectivity index (χ1n) is 8.78. The van der Waals surface area contributed by atoms with E-state index < -0.39 is 5.60 Å². The van der Waals surface area contributed by atoms with Crippen molar-refractivity contribution in [2.75, 3.05) is 11.7 Å². The van der Waals surface area contributed by atoms with Gasteiger partial charge in [0.25, 0.3) is 5.91 Å². The summed E-state index contributed by atoms with van der Waals surface area (Å²) in [5.41, 5.74) is 1.49. The Morgan fingerprint density at radius 2 is 2.04 bits per heavy atom. The second kappa shape index (κ2) is 5.62. The van der Waals surface area contributed by atoms with Gasteiger partial charge in [-0.15, -0.1) is 11.3 Å². The molecule has 1 spiro atoms. The van der Waals surface area contributed by atoms with Gasteiger partial charge < -0.3 is 19.1 Å². The van der Waals surface area contributed by atoms with Crippen LogP contribution in [-0.2, 0) is 23.4 Å². The molecule has 0 saturated heterocycles. The van der Waals surface area contributed by atoms with E-state index in [1.165, 1.54) is 11.3 Å². The Kier molecular flexibility index (Phi) is 3.25. The molecule has 1 atom stereocenters. The third-order valence-electron chi connectivity index (χ3n) is 5.37. The van der Waals surface area contributed by atoms with Crippen LogP contribution in [0.15, 0.2) is 42.6 Å². The van der Waals surface area contributed by atoms with Crippen molar-refractivity contribution in [1.29, 1.82) is 0 Å². The number of hydrogen-bond acceptors (Lipinski definition) is 6. The Balaban J connectivity index is 1.45. The summed E-state index contributed by atoms with van der Waals surface area (Å²) in [6, 6.07) is 11.4. The van der Waals surface area contributed by atoms with E-state index in [0.29, 0.717) is 34.7 Å². The number of nitrogens with zero attached hydrogens (tertiary/aromatic N) is 2. The van der Waals surface area contributed by atoms with E-state index in [1.54, 1.807) is 11.1 Å². The van der Waals surface area contributed by atoms with Crippen molar-refractivity contribution in [2.45, 2.75) is 18.6 Å². The molecular weight excluding hydrogens is 400 g/mol. The first-order chi connectivity index (χ1) is 13.7. The van der Waals surface area contributed by atoms with E-state index in [1.807, 2.05) is 36.4 Å². The second-order valence-corrected chi connectivity index (χ2v) is 8.57. The molecule has 0 radical (unpaired) electrons. The summed E-state index contributed by atoms with van der Waals surface area (Å²) in [4.78, 5) is 20.4. The van der Waals surface area contributed by atoms with Gasteiger partial charge in [0.05, 0.1) is 12.2 Å². The van der Waals surface area contributed by atoms with Crippen molar-refractivity contribution < 1.29 is 19.0 Å². The zero-order valence-corrected chi connectivity index (χ0v) is 16.0. The number of benzene rings is 2. The van der Waals surface area contributed by atoms with Crippen molar-refractivity contribution in [3.63, 3.8) is 0 Å². The van der Waals surface area contributed by atoms with Gasteiger partial charge in [0.2, 0.25) is 12.4 Å². The summed E-state index contributed by atoms with van der Waals surface area (Å²) in [5.74, 6) is 1.93. The molecule has 0 saturated carbocycles. The number of thiazole rings is 1. The molecule has 0 bridgehead atoms. The number of amides is 1. The first-order valence-corrected chi connectivity index (χ1v) is 9.97. The summed E-state index contributed by atoms with van der Waals surface area (Å²) in [5, 5.41) is 0. The minimum atomic E-state index is -1.09. The summed E-state index contributed by atoms with van der Waals surface area (Å²) in [6.07, 6.45) is 2.11. The predicted octanol–water partition coefficient (Wildman–Crippen LogP) is 3.90. The van der Waals surface area contributed by atoms with E-state index >= 15 is 0 Å². The number of fused-ring (bicyclic) bond motifs is 5. The van der Waals surface area contributed by atoms with Crippen molar-refractivity contribution in [2.24, 2.45) is 0 Å². The Labute approximate surface area is 169 Å². The van der Waals surface area contributed by atoms with Crippen LogP contribution in [0.3, 0.4) is 0 Å². The number of carbonyl (C=O) groups is 1. The minimum Gasteiger partial charge on any atom is -0.472 e. The van der Waals surface area contributed by atoms with Gasteiger partial charge >= 0.3 is 0 Å². The normalized spacial score (nSPS) is 21.2. The average molecular weight is 413 g/mol. The van der Waals surface area contributed by atoms with Crippen molar-refractivity contribution in [3.05, 3.63) is 63.1 Å². The molecule has 3 aliphatic heterocycles. The number of hydrogen-bond donors (Lipinski definition) is 0. The molecule has 3 aromatic rings. The van der Waals surface area contributed by atoms with Crippen LogP contribution in [-0.4, -0.2) is 17.7 Å². The SMILES string of the molecule is O=C1N(Cc2cnc(Cl)s2)c2ccccc2C12Cc1c(ccc3c1OCO3)O2. The third kappa shape index (κ3) is 2.08. The van der Waals surface area contributed by atoms with Crippen LogP contribution < -0.4 is 19.1 Å². The fraction of sp³-hybridized carbons (Fsp3) is 0.200. The highest BCUT2D eigenvalue weighted by atomic mass is 35.5. The summed E-state index contributed by atoms with van der Waals surface area (Å²) in [6.45, 7) is 0.584. The van der Waals surface area contributed by atoms with Crippen LogP contribution in [0.4, 0.5) is 5.69 Å². The summed E-state index contributed by atoms with van der Waals surface area (Å²) >= 11 is 7.34. The molecular formula is C20H13ClN2O4S. The van der Waals surface area contributed by atoms with Crippen LogP contribution in [0.5, 0.6) is 17.2 Å². The van der Waals surface area contributed by atoms with Crippen LogP contribution >= 0.6 is 22.9 Å². The molecule has 1 amide bonds. The largest absolute Gasteiger partial charge is 0.472 e. The fourth-order valence-electron chi connectivity index (χ4n) is 4.18. The van der Waals surface area contributed by atoms with E-state index in [2.05, 4.69) is 4.98 Å². The highest BCUT2D eigenvalue weighted by Gasteiger charge is 2.57. The Bertz CT molecular complexity index is 1150. The highest BCUT2D eigenvalue weighted by molar-refractivity contribution is 7.15. The summed E-state index contributed by atoms with van der Waals surface area (Å²) in [7, 11) is 0. The molecule has 1 aromatic heterocycles. The number of ether oxygens (including phenoxy) is 3. The monoisotopic (exact) mass is 412 g/mol. The van der Waals surface area contributed by atoms with Gasteiger partial charge in [-0.25, -0.2) is 4.98 Å². The number of aromatic nitrogens is 1. The number of rotatable bonds is 2. The molecule has 3 aliphatic rings.